The molecule has 0 fully saturated rings. The molecule has 0 aliphatic rings. The lowest BCUT2D eigenvalue weighted by Crippen LogP contribution is -2.19. The second-order valence-electron chi connectivity index (χ2n) is 2.36. The van der Waals surface area contributed by atoms with Crippen molar-refractivity contribution in [1.29, 1.82) is 5.26 Å². The van der Waals surface area contributed by atoms with Crippen LogP contribution >= 0.6 is 0 Å². The Morgan fingerprint density at radius 3 is 2.53 bits per heavy atom. The fourth-order valence-electron chi connectivity index (χ4n) is 0.773. The summed E-state index contributed by atoms with van der Waals surface area (Å²) in [6, 6.07) is 1.25. The van der Waals surface area contributed by atoms with Gasteiger partial charge in [0.05, 0.1) is 11.9 Å². The van der Waals surface area contributed by atoms with Crippen molar-refractivity contribution in [2.75, 3.05) is 5.73 Å². The molecule has 4 nitrogen and oxygen atoms in total. The van der Waals surface area contributed by atoms with E-state index in [1.807, 2.05) is 0 Å². The summed E-state index contributed by atoms with van der Waals surface area (Å²) >= 11 is 0. The lowest BCUT2D eigenvalue weighted by atomic mass is 10.3. The number of rotatable bonds is 1. The van der Waals surface area contributed by atoms with Crippen LogP contribution in [0.5, 0.6) is 5.75 Å². The maximum Gasteiger partial charge on any atom is 0.573 e. The van der Waals surface area contributed by atoms with E-state index in [2.05, 4.69) is 9.72 Å². The van der Waals surface area contributed by atoms with Gasteiger partial charge in [0, 0.05) is 0 Å². The molecule has 0 aromatic carbocycles. The third-order valence-electron chi connectivity index (χ3n) is 1.32. The second-order valence-corrected chi connectivity index (χ2v) is 2.36. The monoisotopic (exact) mass is 221 g/mol. The fraction of sp³-hybridized carbons (Fsp3) is 0.143. The number of halogens is 4. The molecule has 0 bridgehead atoms. The van der Waals surface area contributed by atoms with Crippen LogP contribution in [0.3, 0.4) is 0 Å². The SMILES string of the molecule is N#Cc1ncc(N)c(F)c1OC(F)(F)F. The average molecular weight is 221 g/mol. The molecule has 1 rings (SSSR count). The summed E-state index contributed by atoms with van der Waals surface area (Å²) in [5.41, 5.74) is 3.52. The number of alkyl halides is 3. The van der Waals surface area contributed by atoms with Crippen LogP contribution in [-0.4, -0.2) is 11.3 Å². The number of hydrogen-bond donors (Lipinski definition) is 1. The summed E-state index contributed by atoms with van der Waals surface area (Å²) < 4.78 is 51.7. The Hall–Kier alpha value is -2.04. The lowest BCUT2D eigenvalue weighted by Gasteiger charge is -2.10. The van der Waals surface area contributed by atoms with Gasteiger partial charge in [-0.25, -0.2) is 9.37 Å². The summed E-state index contributed by atoms with van der Waals surface area (Å²) in [5, 5.41) is 8.36. The Kier molecular flexibility index (Phi) is 2.65. The van der Waals surface area contributed by atoms with Crippen LogP contribution in [0.25, 0.3) is 0 Å². The van der Waals surface area contributed by atoms with Crippen molar-refractivity contribution in [3.63, 3.8) is 0 Å². The van der Waals surface area contributed by atoms with E-state index in [-0.39, 0.29) is 0 Å². The number of ether oxygens (including phenoxy) is 1. The van der Waals surface area contributed by atoms with E-state index >= 15 is 0 Å². The van der Waals surface area contributed by atoms with Gasteiger partial charge in [0.25, 0.3) is 0 Å². The number of aromatic nitrogens is 1. The molecule has 15 heavy (non-hydrogen) atoms. The number of anilines is 1. The molecule has 0 aliphatic carbocycles. The fourth-order valence-corrected chi connectivity index (χ4v) is 0.773. The van der Waals surface area contributed by atoms with Gasteiger partial charge in [-0.3, -0.25) is 0 Å². The van der Waals surface area contributed by atoms with Gasteiger partial charge >= 0.3 is 6.36 Å². The van der Waals surface area contributed by atoms with Crippen LogP contribution in [0.2, 0.25) is 0 Å². The molecule has 0 saturated carbocycles. The number of nitrogen functional groups attached to an aromatic ring is 1. The zero-order valence-electron chi connectivity index (χ0n) is 6.97. The van der Waals surface area contributed by atoms with Gasteiger partial charge in [-0.05, 0) is 0 Å². The van der Waals surface area contributed by atoms with Crippen LogP contribution in [0.4, 0.5) is 23.2 Å². The summed E-state index contributed by atoms with van der Waals surface area (Å²) in [5.74, 6) is -2.77. The van der Waals surface area contributed by atoms with Gasteiger partial charge in [0.1, 0.15) is 6.07 Å². The minimum atomic E-state index is -5.11. The lowest BCUT2D eigenvalue weighted by molar-refractivity contribution is -0.275. The molecule has 1 aromatic rings. The Morgan fingerprint density at radius 1 is 1.47 bits per heavy atom. The Morgan fingerprint density at radius 2 is 2.07 bits per heavy atom. The molecule has 1 heterocycles. The van der Waals surface area contributed by atoms with Crippen molar-refractivity contribution >= 4 is 5.69 Å². The smallest absolute Gasteiger partial charge is 0.399 e. The van der Waals surface area contributed by atoms with E-state index < -0.39 is 29.3 Å². The minimum Gasteiger partial charge on any atom is -0.399 e. The van der Waals surface area contributed by atoms with Crippen molar-refractivity contribution < 1.29 is 22.3 Å². The van der Waals surface area contributed by atoms with E-state index in [1.54, 1.807) is 0 Å². The molecule has 0 radical (unpaired) electrons. The summed E-state index contributed by atoms with van der Waals surface area (Å²) in [4.78, 5) is 3.19. The van der Waals surface area contributed by atoms with Crippen molar-refractivity contribution in [3.8, 4) is 11.8 Å². The van der Waals surface area contributed by atoms with Crippen molar-refractivity contribution in [1.82, 2.24) is 4.98 Å². The maximum absolute atomic E-state index is 13.0. The number of hydrogen-bond acceptors (Lipinski definition) is 4. The molecule has 1 aromatic heterocycles. The highest BCUT2D eigenvalue weighted by Crippen LogP contribution is 2.30. The third-order valence-corrected chi connectivity index (χ3v) is 1.32. The van der Waals surface area contributed by atoms with E-state index in [1.165, 1.54) is 6.07 Å². The first-order chi connectivity index (χ1) is 6.85. The van der Waals surface area contributed by atoms with E-state index in [0.717, 1.165) is 6.20 Å². The number of nitrogens with two attached hydrogens (primary N) is 1. The zero-order valence-corrected chi connectivity index (χ0v) is 6.97. The van der Waals surface area contributed by atoms with Gasteiger partial charge in [0.15, 0.2) is 11.5 Å². The highest BCUT2D eigenvalue weighted by Gasteiger charge is 2.34. The standard InChI is InChI=1S/C7H3F4N3O/c8-5-3(13)2-14-4(1-12)6(5)15-7(9,10)11/h2H,13H2. The van der Waals surface area contributed by atoms with E-state index in [0.29, 0.717) is 0 Å². The van der Waals surface area contributed by atoms with Gasteiger partial charge in [-0.2, -0.15) is 5.26 Å². The molecule has 80 valence electrons. The molecular formula is C7H3F4N3O. The van der Waals surface area contributed by atoms with Crippen LogP contribution < -0.4 is 10.5 Å². The first kappa shape index (κ1) is 11.0. The third kappa shape index (κ3) is 2.46. The number of pyridine rings is 1. The largest absolute Gasteiger partial charge is 0.573 e. The zero-order chi connectivity index (χ0) is 11.6. The first-order valence-corrected chi connectivity index (χ1v) is 3.45. The van der Waals surface area contributed by atoms with Crippen molar-refractivity contribution in [2.45, 2.75) is 6.36 Å². The Labute approximate surface area is 80.9 Å². The minimum absolute atomic E-state index is 0.631. The van der Waals surface area contributed by atoms with Crippen LogP contribution in [0, 0.1) is 17.1 Å². The summed E-state index contributed by atoms with van der Waals surface area (Å²) in [7, 11) is 0. The molecule has 0 unspecified atom stereocenters. The number of nitrogens with zero attached hydrogens (tertiary/aromatic N) is 2. The highest BCUT2D eigenvalue weighted by molar-refractivity contribution is 5.49. The van der Waals surface area contributed by atoms with Crippen molar-refractivity contribution in [2.24, 2.45) is 0 Å². The van der Waals surface area contributed by atoms with Gasteiger partial charge in [0.2, 0.25) is 5.75 Å². The maximum atomic E-state index is 13.0. The molecule has 2 N–H and O–H groups in total. The molecule has 8 heteroatoms. The highest BCUT2D eigenvalue weighted by atomic mass is 19.4. The topological polar surface area (TPSA) is 71.9 Å². The van der Waals surface area contributed by atoms with Crippen molar-refractivity contribution in [3.05, 3.63) is 17.7 Å². The molecule has 0 aliphatic heterocycles. The van der Waals surface area contributed by atoms with Gasteiger partial charge in [-0.15, -0.1) is 13.2 Å². The normalized spacial score (nSPS) is 10.9. The van der Waals surface area contributed by atoms with Gasteiger partial charge < -0.3 is 10.5 Å². The van der Waals surface area contributed by atoms with E-state index in [4.69, 9.17) is 11.0 Å². The summed E-state index contributed by atoms with van der Waals surface area (Å²) in [6.45, 7) is 0. The molecule has 0 spiro atoms. The van der Waals surface area contributed by atoms with Crippen LogP contribution in [-0.2, 0) is 0 Å². The molecule has 0 amide bonds. The van der Waals surface area contributed by atoms with E-state index in [9.17, 15) is 17.6 Å². The summed E-state index contributed by atoms with van der Waals surface area (Å²) in [6.07, 6.45) is -4.38. The Balaban J connectivity index is 3.26. The second kappa shape index (κ2) is 3.61. The molecule has 0 saturated heterocycles. The predicted octanol–water partition coefficient (Wildman–Crippen LogP) is 1.57. The quantitative estimate of drug-likeness (QED) is 0.730. The predicted molar refractivity (Wildman–Crippen MR) is 40.0 cm³/mol. The Bertz CT molecular complexity index is 423. The molecule has 0 atom stereocenters. The number of nitriles is 1. The van der Waals surface area contributed by atoms with Gasteiger partial charge in [-0.1, -0.05) is 0 Å². The first-order valence-electron chi connectivity index (χ1n) is 3.45. The van der Waals surface area contributed by atoms with Crippen LogP contribution in [0.15, 0.2) is 6.20 Å². The average Bonchev–Trinajstić information content (AvgIpc) is 2.11. The molecular weight excluding hydrogens is 218 g/mol. The van der Waals surface area contributed by atoms with Crippen LogP contribution in [0.1, 0.15) is 5.69 Å².